The number of hydrogen-bond donors (Lipinski definition) is 0. The van der Waals surface area contributed by atoms with Gasteiger partial charge >= 0.3 is 5.97 Å². The van der Waals surface area contributed by atoms with Gasteiger partial charge in [0.05, 0.1) is 18.5 Å². The number of carbonyl (C=O) groups excluding carboxylic acids is 1. The van der Waals surface area contributed by atoms with E-state index >= 15 is 0 Å². The summed E-state index contributed by atoms with van der Waals surface area (Å²) in [7, 11) is 3.93. The van der Waals surface area contributed by atoms with E-state index in [1.165, 1.54) is 19.3 Å². The molecule has 0 N–H and O–H groups in total. The number of rotatable bonds is 8. The fraction of sp³-hybridized carbons (Fsp3) is 0.714. The van der Waals surface area contributed by atoms with Gasteiger partial charge in [0.25, 0.3) is 0 Å². The molecule has 0 saturated carbocycles. The molecular weight excluding hydrogens is 242 g/mol. The molecule has 0 aliphatic heterocycles. The summed E-state index contributed by atoms with van der Waals surface area (Å²) < 4.78 is 6.80. The summed E-state index contributed by atoms with van der Waals surface area (Å²) in [5.74, 6) is -0.285. The molecular formula is C14H25N3O2. The Labute approximate surface area is 115 Å². The largest absolute Gasteiger partial charge is 0.462 e. The van der Waals surface area contributed by atoms with Crippen molar-refractivity contribution in [3.8, 4) is 0 Å². The average Bonchev–Trinajstić information content (AvgIpc) is 2.72. The lowest BCUT2D eigenvalue weighted by molar-refractivity contribution is 0.0524. The molecule has 0 aliphatic rings. The van der Waals surface area contributed by atoms with Crippen LogP contribution in [-0.4, -0.2) is 40.8 Å². The van der Waals surface area contributed by atoms with Crippen molar-refractivity contribution in [3.05, 3.63) is 17.5 Å². The minimum Gasteiger partial charge on any atom is -0.462 e. The third-order valence-corrected chi connectivity index (χ3v) is 3.12. The van der Waals surface area contributed by atoms with E-state index in [1.807, 2.05) is 14.0 Å². The molecule has 0 aliphatic carbocycles. The second-order valence-corrected chi connectivity index (χ2v) is 4.79. The summed E-state index contributed by atoms with van der Waals surface area (Å²) >= 11 is 0. The van der Waals surface area contributed by atoms with Gasteiger partial charge < -0.3 is 9.64 Å². The Morgan fingerprint density at radius 3 is 2.79 bits per heavy atom. The van der Waals surface area contributed by atoms with Gasteiger partial charge in [-0.2, -0.15) is 5.10 Å². The van der Waals surface area contributed by atoms with E-state index in [2.05, 4.69) is 24.0 Å². The van der Waals surface area contributed by atoms with E-state index in [0.29, 0.717) is 18.7 Å². The predicted octanol–water partition coefficient (Wildman–Crippen LogP) is 2.22. The second kappa shape index (κ2) is 7.94. The first-order valence-electron chi connectivity index (χ1n) is 6.96. The molecule has 0 aromatic carbocycles. The molecule has 0 bridgehead atoms. The normalized spacial score (nSPS) is 11.0. The fourth-order valence-corrected chi connectivity index (χ4v) is 2.00. The van der Waals surface area contributed by atoms with Gasteiger partial charge in [0.2, 0.25) is 0 Å². The minimum absolute atomic E-state index is 0.285. The highest BCUT2D eigenvalue weighted by Gasteiger charge is 2.18. The number of ether oxygens (including phenoxy) is 1. The number of unbranched alkanes of at least 4 members (excludes halogenated alkanes) is 2. The van der Waals surface area contributed by atoms with Gasteiger partial charge in [-0.3, -0.25) is 4.68 Å². The third kappa shape index (κ3) is 4.67. The van der Waals surface area contributed by atoms with Gasteiger partial charge in [0.15, 0.2) is 0 Å². The van der Waals surface area contributed by atoms with Crippen molar-refractivity contribution < 1.29 is 9.53 Å². The number of carbonyl (C=O) groups is 1. The maximum absolute atomic E-state index is 11.8. The number of aromatic nitrogens is 2. The Balaban J connectivity index is 2.66. The molecule has 0 atom stereocenters. The van der Waals surface area contributed by atoms with E-state index in [0.717, 1.165) is 12.2 Å². The van der Waals surface area contributed by atoms with Crippen LogP contribution in [0.5, 0.6) is 0 Å². The molecule has 1 heterocycles. The molecule has 1 rings (SSSR count). The van der Waals surface area contributed by atoms with E-state index in [1.54, 1.807) is 10.9 Å². The molecule has 0 fully saturated rings. The standard InChI is InChI=1S/C14H25N3O2/c1-5-7-8-9-16(3)11-13-12(10-15-17(13)4)14(18)19-6-2/h10H,5-9,11H2,1-4H3. The van der Waals surface area contributed by atoms with Crippen molar-refractivity contribution in [2.45, 2.75) is 39.7 Å². The summed E-state index contributed by atoms with van der Waals surface area (Å²) in [6, 6.07) is 0. The summed E-state index contributed by atoms with van der Waals surface area (Å²) in [5, 5.41) is 4.16. The zero-order valence-electron chi connectivity index (χ0n) is 12.5. The van der Waals surface area contributed by atoms with Crippen LogP contribution in [0, 0.1) is 0 Å². The monoisotopic (exact) mass is 267 g/mol. The van der Waals surface area contributed by atoms with Crippen molar-refractivity contribution in [1.29, 1.82) is 0 Å². The van der Waals surface area contributed by atoms with Crippen LogP contribution in [0.4, 0.5) is 0 Å². The van der Waals surface area contributed by atoms with E-state index < -0.39 is 0 Å². The molecule has 1 aromatic heterocycles. The molecule has 0 spiro atoms. The highest BCUT2D eigenvalue weighted by atomic mass is 16.5. The number of nitrogens with zero attached hydrogens (tertiary/aromatic N) is 3. The van der Waals surface area contributed by atoms with Crippen LogP contribution in [0.15, 0.2) is 6.20 Å². The molecule has 0 unspecified atom stereocenters. The van der Waals surface area contributed by atoms with Crippen molar-refractivity contribution in [3.63, 3.8) is 0 Å². The van der Waals surface area contributed by atoms with Gasteiger partial charge in [-0.25, -0.2) is 4.79 Å². The quantitative estimate of drug-likeness (QED) is 0.535. The number of esters is 1. The number of aryl methyl sites for hydroxylation is 1. The zero-order valence-corrected chi connectivity index (χ0v) is 12.5. The molecule has 108 valence electrons. The molecule has 0 radical (unpaired) electrons. The van der Waals surface area contributed by atoms with E-state index in [-0.39, 0.29) is 5.97 Å². The molecule has 5 nitrogen and oxygen atoms in total. The Morgan fingerprint density at radius 2 is 2.16 bits per heavy atom. The first-order valence-corrected chi connectivity index (χ1v) is 6.96. The van der Waals surface area contributed by atoms with Crippen molar-refractivity contribution in [2.24, 2.45) is 7.05 Å². The average molecular weight is 267 g/mol. The van der Waals surface area contributed by atoms with Crippen LogP contribution in [0.2, 0.25) is 0 Å². The van der Waals surface area contributed by atoms with Crippen molar-refractivity contribution in [2.75, 3.05) is 20.2 Å². The van der Waals surface area contributed by atoms with Gasteiger partial charge in [-0.15, -0.1) is 0 Å². The smallest absolute Gasteiger partial charge is 0.341 e. The van der Waals surface area contributed by atoms with E-state index in [9.17, 15) is 4.79 Å². The highest BCUT2D eigenvalue weighted by molar-refractivity contribution is 5.90. The summed E-state index contributed by atoms with van der Waals surface area (Å²) in [4.78, 5) is 14.0. The predicted molar refractivity (Wildman–Crippen MR) is 75.0 cm³/mol. The first kappa shape index (κ1) is 15.7. The number of hydrogen-bond acceptors (Lipinski definition) is 4. The fourth-order valence-electron chi connectivity index (χ4n) is 2.00. The minimum atomic E-state index is -0.285. The van der Waals surface area contributed by atoms with Gasteiger partial charge in [0.1, 0.15) is 5.56 Å². The molecule has 0 amide bonds. The van der Waals surface area contributed by atoms with E-state index in [4.69, 9.17) is 4.74 Å². The summed E-state index contributed by atoms with van der Waals surface area (Å²) in [5.41, 5.74) is 1.49. The van der Waals surface area contributed by atoms with Crippen LogP contribution in [-0.2, 0) is 18.3 Å². The molecule has 5 heteroatoms. The summed E-state index contributed by atoms with van der Waals surface area (Å²) in [6.07, 6.45) is 5.22. The molecule has 1 aromatic rings. The van der Waals surface area contributed by atoms with Gasteiger partial charge in [-0.1, -0.05) is 19.8 Å². The van der Waals surface area contributed by atoms with Gasteiger partial charge in [0, 0.05) is 13.6 Å². The Morgan fingerprint density at radius 1 is 1.42 bits per heavy atom. The van der Waals surface area contributed by atoms with Crippen LogP contribution in [0.25, 0.3) is 0 Å². The van der Waals surface area contributed by atoms with Crippen LogP contribution in [0.3, 0.4) is 0 Å². The van der Waals surface area contributed by atoms with Crippen LogP contribution >= 0.6 is 0 Å². The maximum atomic E-state index is 11.8. The Hall–Kier alpha value is -1.36. The van der Waals surface area contributed by atoms with Crippen LogP contribution in [0.1, 0.15) is 49.2 Å². The van der Waals surface area contributed by atoms with Crippen molar-refractivity contribution >= 4 is 5.97 Å². The Kier molecular flexibility index (Phi) is 6.56. The lowest BCUT2D eigenvalue weighted by atomic mass is 10.2. The highest BCUT2D eigenvalue weighted by Crippen LogP contribution is 2.12. The van der Waals surface area contributed by atoms with Crippen molar-refractivity contribution in [1.82, 2.24) is 14.7 Å². The lowest BCUT2D eigenvalue weighted by Gasteiger charge is -2.17. The third-order valence-electron chi connectivity index (χ3n) is 3.12. The lowest BCUT2D eigenvalue weighted by Crippen LogP contribution is -2.22. The van der Waals surface area contributed by atoms with Crippen LogP contribution < -0.4 is 0 Å². The topological polar surface area (TPSA) is 47.4 Å². The SMILES string of the molecule is CCCCCN(C)Cc1c(C(=O)OCC)cnn1C. The maximum Gasteiger partial charge on any atom is 0.341 e. The zero-order chi connectivity index (χ0) is 14.3. The summed E-state index contributed by atoms with van der Waals surface area (Å²) in [6.45, 7) is 6.14. The molecule has 0 saturated heterocycles. The molecule has 19 heavy (non-hydrogen) atoms. The second-order valence-electron chi connectivity index (χ2n) is 4.79. The van der Waals surface area contributed by atoms with Gasteiger partial charge in [-0.05, 0) is 26.9 Å². The Bertz CT molecular complexity index is 401. The first-order chi connectivity index (χ1) is 9.10.